The molecule has 0 unspecified atom stereocenters. The largest absolute Gasteiger partial charge is 0.490 e. The number of pyridine rings is 2. The smallest absolute Gasteiger partial charge is 0.310 e. The normalized spacial score (nSPS) is 10.3. The molecule has 8 heteroatoms. The summed E-state index contributed by atoms with van der Waals surface area (Å²) in [6, 6.07) is 13.1. The average Bonchev–Trinajstić information content (AvgIpc) is 2.72. The predicted octanol–water partition coefficient (Wildman–Crippen LogP) is 3.76. The van der Waals surface area contributed by atoms with Gasteiger partial charge in [-0.2, -0.15) is 0 Å². The molecule has 2 heterocycles. The van der Waals surface area contributed by atoms with Crippen molar-refractivity contribution in [2.75, 3.05) is 18.5 Å². The molecule has 1 aromatic carbocycles. The van der Waals surface area contributed by atoms with Crippen LogP contribution in [0.25, 0.3) is 0 Å². The molecule has 0 aliphatic rings. The molecule has 2 aromatic heterocycles. The van der Waals surface area contributed by atoms with Crippen LogP contribution in [0.5, 0.6) is 11.6 Å². The van der Waals surface area contributed by atoms with Gasteiger partial charge in [-0.15, -0.1) is 0 Å². The lowest BCUT2D eigenvalue weighted by molar-refractivity contribution is -0.384. The molecule has 0 bridgehead atoms. The number of aryl methyl sites for hydroxylation is 1. The minimum absolute atomic E-state index is 0.0497. The zero-order valence-electron chi connectivity index (χ0n) is 15.4. The topological polar surface area (TPSA) is 99.4 Å². The van der Waals surface area contributed by atoms with E-state index in [1.807, 2.05) is 36.4 Å². The van der Waals surface area contributed by atoms with E-state index >= 15 is 0 Å². The first-order chi connectivity index (χ1) is 13.6. The van der Waals surface area contributed by atoms with Gasteiger partial charge in [0.05, 0.1) is 4.92 Å². The van der Waals surface area contributed by atoms with Gasteiger partial charge in [0.1, 0.15) is 30.8 Å². The molecule has 8 nitrogen and oxygen atoms in total. The van der Waals surface area contributed by atoms with Gasteiger partial charge in [-0.25, -0.2) is 4.98 Å². The monoisotopic (exact) mass is 380 g/mol. The first-order valence-electron chi connectivity index (χ1n) is 8.72. The van der Waals surface area contributed by atoms with Gasteiger partial charge in [0.15, 0.2) is 0 Å². The van der Waals surface area contributed by atoms with Crippen molar-refractivity contribution in [1.82, 2.24) is 9.97 Å². The number of para-hydroxylation sites is 1. The van der Waals surface area contributed by atoms with E-state index < -0.39 is 4.92 Å². The van der Waals surface area contributed by atoms with Gasteiger partial charge in [0.2, 0.25) is 5.88 Å². The van der Waals surface area contributed by atoms with Crippen molar-refractivity contribution >= 4 is 11.4 Å². The molecule has 0 fully saturated rings. The Morgan fingerprint density at radius 3 is 2.54 bits per heavy atom. The van der Waals surface area contributed by atoms with Gasteiger partial charge < -0.3 is 14.8 Å². The summed E-state index contributed by atoms with van der Waals surface area (Å²) in [5.41, 5.74) is 1.99. The van der Waals surface area contributed by atoms with Crippen LogP contribution in [0.15, 0.2) is 61.1 Å². The fourth-order valence-electron chi connectivity index (χ4n) is 2.53. The Labute approximate surface area is 162 Å². The Morgan fingerprint density at radius 2 is 1.82 bits per heavy atom. The summed E-state index contributed by atoms with van der Waals surface area (Å²) in [4.78, 5) is 18.8. The van der Waals surface area contributed by atoms with Crippen LogP contribution in [0.1, 0.15) is 11.1 Å². The lowest BCUT2D eigenvalue weighted by Crippen LogP contribution is -2.10. The van der Waals surface area contributed by atoms with E-state index in [-0.39, 0.29) is 5.69 Å². The average molecular weight is 380 g/mol. The zero-order chi connectivity index (χ0) is 19.8. The SMILES string of the molecule is Cc1cncc([N+](=O)[O-])c1NCc1ccc(OCCOc2ccccc2)nc1. The second-order valence-corrected chi connectivity index (χ2v) is 5.98. The first-order valence-corrected chi connectivity index (χ1v) is 8.72. The van der Waals surface area contributed by atoms with E-state index in [1.165, 1.54) is 6.20 Å². The van der Waals surface area contributed by atoms with E-state index in [1.54, 1.807) is 25.4 Å². The van der Waals surface area contributed by atoms with Crippen LogP contribution in [0, 0.1) is 17.0 Å². The van der Waals surface area contributed by atoms with Crippen molar-refractivity contribution in [1.29, 1.82) is 0 Å². The van der Waals surface area contributed by atoms with E-state index in [0.29, 0.717) is 36.9 Å². The van der Waals surface area contributed by atoms with Crippen LogP contribution in [0.3, 0.4) is 0 Å². The van der Waals surface area contributed by atoms with E-state index in [4.69, 9.17) is 9.47 Å². The minimum atomic E-state index is -0.449. The van der Waals surface area contributed by atoms with Crippen LogP contribution < -0.4 is 14.8 Å². The van der Waals surface area contributed by atoms with Gasteiger partial charge >= 0.3 is 5.69 Å². The summed E-state index contributed by atoms with van der Waals surface area (Å²) in [6.07, 6.45) is 4.49. The Hall–Kier alpha value is -3.68. The molecule has 28 heavy (non-hydrogen) atoms. The summed E-state index contributed by atoms with van der Waals surface area (Å²) in [6.45, 7) is 2.97. The molecule has 0 aliphatic heterocycles. The highest BCUT2D eigenvalue weighted by atomic mass is 16.6. The maximum Gasteiger partial charge on any atom is 0.310 e. The Morgan fingerprint density at radius 1 is 1.04 bits per heavy atom. The fourth-order valence-corrected chi connectivity index (χ4v) is 2.53. The summed E-state index contributed by atoms with van der Waals surface area (Å²) in [7, 11) is 0. The maximum atomic E-state index is 11.1. The van der Waals surface area contributed by atoms with Crippen molar-refractivity contribution in [2.45, 2.75) is 13.5 Å². The lowest BCUT2D eigenvalue weighted by Gasteiger charge is -2.10. The molecule has 0 amide bonds. The summed E-state index contributed by atoms with van der Waals surface area (Å²) >= 11 is 0. The molecule has 0 aliphatic carbocycles. The highest BCUT2D eigenvalue weighted by Crippen LogP contribution is 2.26. The zero-order valence-corrected chi connectivity index (χ0v) is 15.4. The number of rotatable bonds is 9. The number of aromatic nitrogens is 2. The number of benzene rings is 1. The van der Waals surface area contributed by atoms with Gasteiger partial charge in [-0.05, 0) is 30.2 Å². The fraction of sp³-hybridized carbons (Fsp3) is 0.200. The van der Waals surface area contributed by atoms with Crippen molar-refractivity contribution < 1.29 is 14.4 Å². The Kier molecular flexibility index (Phi) is 6.35. The van der Waals surface area contributed by atoms with Crippen LogP contribution in [0.4, 0.5) is 11.4 Å². The van der Waals surface area contributed by atoms with Crippen LogP contribution in [-0.4, -0.2) is 28.1 Å². The summed E-state index contributed by atoms with van der Waals surface area (Å²) in [5.74, 6) is 1.28. The first kappa shape index (κ1) is 19.1. The third-order valence-corrected chi connectivity index (χ3v) is 3.92. The minimum Gasteiger partial charge on any atom is -0.490 e. The highest BCUT2D eigenvalue weighted by molar-refractivity contribution is 5.64. The molecule has 3 rings (SSSR count). The van der Waals surface area contributed by atoms with Gasteiger partial charge in [0, 0.05) is 25.0 Å². The van der Waals surface area contributed by atoms with Crippen LogP contribution in [-0.2, 0) is 6.54 Å². The molecule has 0 spiro atoms. The van der Waals surface area contributed by atoms with Gasteiger partial charge in [0.25, 0.3) is 0 Å². The molecule has 0 saturated carbocycles. The molecule has 144 valence electrons. The van der Waals surface area contributed by atoms with Crippen molar-refractivity contribution in [2.24, 2.45) is 0 Å². The number of anilines is 1. The van der Waals surface area contributed by atoms with Gasteiger partial charge in [-0.1, -0.05) is 24.3 Å². The molecule has 0 saturated heterocycles. The molecule has 3 aromatic rings. The van der Waals surface area contributed by atoms with E-state index in [0.717, 1.165) is 11.3 Å². The number of nitro groups is 1. The number of hydrogen-bond acceptors (Lipinski definition) is 7. The molecular weight excluding hydrogens is 360 g/mol. The maximum absolute atomic E-state index is 11.1. The third-order valence-electron chi connectivity index (χ3n) is 3.92. The van der Waals surface area contributed by atoms with Crippen molar-refractivity contribution in [3.05, 3.63) is 82.3 Å². The van der Waals surface area contributed by atoms with Gasteiger partial charge in [-0.3, -0.25) is 15.1 Å². The highest BCUT2D eigenvalue weighted by Gasteiger charge is 2.16. The van der Waals surface area contributed by atoms with Crippen LogP contribution in [0.2, 0.25) is 0 Å². The predicted molar refractivity (Wildman–Crippen MR) is 105 cm³/mol. The van der Waals surface area contributed by atoms with E-state index in [9.17, 15) is 10.1 Å². The second-order valence-electron chi connectivity index (χ2n) is 5.98. The quantitative estimate of drug-likeness (QED) is 0.343. The van der Waals surface area contributed by atoms with Crippen LogP contribution >= 0.6 is 0 Å². The van der Waals surface area contributed by atoms with Crippen molar-refractivity contribution in [3.63, 3.8) is 0 Å². The third kappa shape index (κ3) is 5.16. The Bertz CT molecular complexity index is 917. The summed E-state index contributed by atoms with van der Waals surface area (Å²) < 4.78 is 11.1. The second kappa shape index (κ2) is 9.31. The summed E-state index contributed by atoms with van der Waals surface area (Å²) in [5, 5.41) is 14.2. The molecule has 0 radical (unpaired) electrons. The number of nitrogens with zero attached hydrogens (tertiary/aromatic N) is 3. The standard InChI is InChI=1S/C20H20N4O4/c1-15-11-21-14-18(24(25)26)20(15)23-13-16-7-8-19(22-12-16)28-10-9-27-17-5-3-2-4-6-17/h2-8,11-12,14H,9-10,13H2,1H3,(H,21,23). The van der Waals surface area contributed by atoms with Crippen molar-refractivity contribution in [3.8, 4) is 11.6 Å². The number of ether oxygens (including phenoxy) is 2. The number of nitrogens with one attached hydrogen (secondary N) is 1. The Balaban J connectivity index is 1.49. The molecular formula is C20H20N4O4. The number of hydrogen-bond donors (Lipinski definition) is 1. The van der Waals surface area contributed by atoms with E-state index in [2.05, 4.69) is 15.3 Å². The molecule has 0 atom stereocenters. The molecule has 1 N–H and O–H groups in total. The lowest BCUT2D eigenvalue weighted by atomic mass is 10.2.